The fourth-order valence-electron chi connectivity index (χ4n) is 1.28. The van der Waals surface area contributed by atoms with Crippen LogP contribution in [0, 0.1) is 0 Å². The van der Waals surface area contributed by atoms with E-state index in [0.717, 1.165) is 19.4 Å². The summed E-state index contributed by atoms with van der Waals surface area (Å²) in [4.78, 5) is 22.3. The van der Waals surface area contributed by atoms with Crippen LogP contribution in [0.4, 0.5) is 0 Å². The zero-order valence-electron chi connectivity index (χ0n) is 7.63. The van der Waals surface area contributed by atoms with Crippen LogP contribution >= 0.6 is 11.8 Å². The molecule has 0 aromatic rings. The van der Waals surface area contributed by atoms with E-state index in [1.165, 1.54) is 11.8 Å². The first-order chi connectivity index (χ1) is 6.24. The topological polar surface area (TPSA) is 58.2 Å². The van der Waals surface area contributed by atoms with Gasteiger partial charge in [0.25, 0.3) is 0 Å². The molecular formula is C8H14N2O2S. The van der Waals surface area contributed by atoms with Crippen molar-refractivity contribution in [2.24, 2.45) is 0 Å². The molecule has 0 aromatic carbocycles. The number of hydrogen-bond acceptors (Lipinski definition) is 3. The Labute approximate surface area is 81.8 Å². The zero-order valence-corrected chi connectivity index (χ0v) is 8.45. The van der Waals surface area contributed by atoms with Crippen LogP contribution in [-0.4, -0.2) is 36.4 Å². The first-order valence-electron chi connectivity index (χ1n) is 4.30. The third-order valence-electron chi connectivity index (χ3n) is 1.90. The van der Waals surface area contributed by atoms with Crippen molar-refractivity contribution in [3.8, 4) is 0 Å². The van der Waals surface area contributed by atoms with Crippen LogP contribution in [0.25, 0.3) is 0 Å². The van der Waals surface area contributed by atoms with Gasteiger partial charge in [0.1, 0.15) is 6.04 Å². The molecule has 1 heterocycles. The summed E-state index contributed by atoms with van der Waals surface area (Å²) in [5.74, 6) is 0.305. The lowest BCUT2D eigenvalue weighted by Crippen LogP contribution is -2.50. The van der Waals surface area contributed by atoms with E-state index in [1.807, 2.05) is 6.26 Å². The summed E-state index contributed by atoms with van der Waals surface area (Å²) in [6.45, 7) is 0.730. The number of amides is 2. The molecule has 1 saturated heterocycles. The molecular weight excluding hydrogens is 188 g/mol. The maximum Gasteiger partial charge on any atom is 0.242 e. The number of carbonyl (C=O) groups is 2. The van der Waals surface area contributed by atoms with E-state index in [1.54, 1.807) is 0 Å². The fraction of sp³-hybridized carbons (Fsp3) is 0.750. The minimum absolute atomic E-state index is 0.0549. The van der Waals surface area contributed by atoms with E-state index in [-0.39, 0.29) is 17.9 Å². The predicted octanol–water partition coefficient (Wildman–Crippen LogP) is -0.256. The summed E-state index contributed by atoms with van der Waals surface area (Å²) in [6.07, 6.45) is 3.56. The SMILES string of the molecule is CSCC(=O)NC1CCCNC1=O. The maximum atomic E-state index is 11.2. The Morgan fingerprint density at radius 2 is 2.54 bits per heavy atom. The van der Waals surface area contributed by atoms with Crippen LogP contribution < -0.4 is 10.6 Å². The average molecular weight is 202 g/mol. The second-order valence-electron chi connectivity index (χ2n) is 2.99. The quantitative estimate of drug-likeness (QED) is 0.663. The van der Waals surface area contributed by atoms with E-state index >= 15 is 0 Å². The van der Waals surface area contributed by atoms with E-state index in [4.69, 9.17) is 0 Å². The number of piperidine rings is 1. The smallest absolute Gasteiger partial charge is 0.242 e. The second kappa shape index (κ2) is 5.11. The maximum absolute atomic E-state index is 11.2. The van der Waals surface area contributed by atoms with Crippen molar-refractivity contribution in [2.45, 2.75) is 18.9 Å². The van der Waals surface area contributed by atoms with Crippen LogP contribution in [0.3, 0.4) is 0 Å². The van der Waals surface area contributed by atoms with E-state index in [9.17, 15) is 9.59 Å². The lowest BCUT2D eigenvalue weighted by molar-refractivity contribution is -0.129. The predicted molar refractivity (Wildman–Crippen MR) is 52.6 cm³/mol. The monoisotopic (exact) mass is 202 g/mol. The van der Waals surface area contributed by atoms with Crippen molar-refractivity contribution in [3.05, 3.63) is 0 Å². The van der Waals surface area contributed by atoms with Gasteiger partial charge in [-0.2, -0.15) is 11.8 Å². The Balaban J connectivity index is 2.33. The van der Waals surface area contributed by atoms with Gasteiger partial charge in [-0.1, -0.05) is 0 Å². The molecule has 0 saturated carbocycles. The van der Waals surface area contributed by atoms with Gasteiger partial charge in [0.05, 0.1) is 5.75 Å². The number of hydrogen-bond donors (Lipinski definition) is 2. The molecule has 1 fully saturated rings. The van der Waals surface area contributed by atoms with Crippen LogP contribution in [0.15, 0.2) is 0 Å². The highest BCUT2D eigenvalue weighted by Gasteiger charge is 2.22. The molecule has 4 nitrogen and oxygen atoms in total. The Hall–Kier alpha value is -0.710. The largest absolute Gasteiger partial charge is 0.354 e. The Bertz CT molecular complexity index is 208. The minimum atomic E-state index is -0.312. The van der Waals surface area contributed by atoms with Gasteiger partial charge in [0.15, 0.2) is 0 Å². The second-order valence-corrected chi connectivity index (χ2v) is 3.85. The summed E-state index contributed by atoms with van der Waals surface area (Å²) in [5, 5.41) is 5.42. The molecule has 1 unspecified atom stereocenters. The lowest BCUT2D eigenvalue weighted by atomic mass is 10.1. The van der Waals surface area contributed by atoms with Gasteiger partial charge in [-0.25, -0.2) is 0 Å². The van der Waals surface area contributed by atoms with Gasteiger partial charge < -0.3 is 10.6 Å². The van der Waals surface area contributed by atoms with E-state index < -0.39 is 0 Å². The normalized spacial score (nSPS) is 22.2. The van der Waals surface area contributed by atoms with Gasteiger partial charge in [-0.05, 0) is 19.1 Å². The fourth-order valence-corrected chi connectivity index (χ4v) is 1.62. The third-order valence-corrected chi connectivity index (χ3v) is 2.45. The summed E-state index contributed by atoms with van der Waals surface area (Å²) in [6, 6.07) is -0.312. The van der Waals surface area contributed by atoms with Crippen molar-refractivity contribution in [1.82, 2.24) is 10.6 Å². The van der Waals surface area contributed by atoms with Crippen molar-refractivity contribution in [1.29, 1.82) is 0 Å². The van der Waals surface area contributed by atoms with Crippen LogP contribution in [0.5, 0.6) is 0 Å². The molecule has 1 rings (SSSR count). The summed E-state index contributed by atoms with van der Waals surface area (Å²) < 4.78 is 0. The molecule has 1 aliphatic heterocycles. The van der Waals surface area contributed by atoms with Gasteiger partial charge >= 0.3 is 0 Å². The highest BCUT2D eigenvalue weighted by atomic mass is 32.2. The molecule has 1 aliphatic rings. The molecule has 1 atom stereocenters. The molecule has 0 bridgehead atoms. The highest BCUT2D eigenvalue weighted by molar-refractivity contribution is 7.99. The number of carbonyl (C=O) groups excluding carboxylic acids is 2. The minimum Gasteiger partial charge on any atom is -0.354 e. The van der Waals surface area contributed by atoms with Crippen molar-refractivity contribution in [2.75, 3.05) is 18.6 Å². The first-order valence-corrected chi connectivity index (χ1v) is 5.69. The van der Waals surface area contributed by atoms with E-state index in [0.29, 0.717) is 5.75 Å². The summed E-state index contributed by atoms with van der Waals surface area (Å²) in [7, 11) is 0. The first kappa shape index (κ1) is 10.4. The molecule has 2 N–H and O–H groups in total. The Morgan fingerprint density at radius 1 is 1.77 bits per heavy atom. The van der Waals surface area contributed by atoms with Crippen molar-refractivity contribution in [3.63, 3.8) is 0 Å². The van der Waals surface area contributed by atoms with Gasteiger partial charge in [-0.15, -0.1) is 0 Å². The van der Waals surface area contributed by atoms with Gasteiger partial charge in [0, 0.05) is 6.54 Å². The Kier molecular flexibility index (Phi) is 4.08. The number of thioether (sulfide) groups is 1. The third kappa shape index (κ3) is 3.26. The molecule has 0 radical (unpaired) electrons. The number of rotatable bonds is 3. The van der Waals surface area contributed by atoms with Gasteiger partial charge in [0.2, 0.25) is 11.8 Å². The molecule has 0 spiro atoms. The standard InChI is InChI=1S/C8H14N2O2S/c1-13-5-7(11)10-6-3-2-4-9-8(6)12/h6H,2-5H2,1H3,(H,9,12)(H,10,11). The van der Waals surface area contributed by atoms with Crippen molar-refractivity contribution >= 4 is 23.6 Å². The summed E-state index contributed by atoms with van der Waals surface area (Å²) >= 11 is 1.46. The molecule has 2 amide bonds. The van der Waals surface area contributed by atoms with Crippen molar-refractivity contribution < 1.29 is 9.59 Å². The lowest BCUT2D eigenvalue weighted by Gasteiger charge is -2.22. The van der Waals surface area contributed by atoms with Gasteiger partial charge in [-0.3, -0.25) is 9.59 Å². The van der Waals surface area contributed by atoms with Crippen LogP contribution in [0.1, 0.15) is 12.8 Å². The average Bonchev–Trinajstić information content (AvgIpc) is 2.09. The van der Waals surface area contributed by atoms with E-state index in [2.05, 4.69) is 10.6 Å². The Morgan fingerprint density at radius 3 is 3.15 bits per heavy atom. The highest BCUT2D eigenvalue weighted by Crippen LogP contribution is 2.03. The summed E-state index contributed by atoms with van der Waals surface area (Å²) in [5.41, 5.74) is 0. The molecule has 0 aromatic heterocycles. The number of nitrogens with one attached hydrogen (secondary N) is 2. The van der Waals surface area contributed by atoms with Crippen LogP contribution in [0.2, 0.25) is 0 Å². The van der Waals surface area contributed by atoms with Crippen LogP contribution in [-0.2, 0) is 9.59 Å². The molecule has 74 valence electrons. The zero-order chi connectivity index (χ0) is 9.68. The molecule has 13 heavy (non-hydrogen) atoms. The molecule has 5 heteroatoms. The molecule has 0 aliphatic carbocycles.